The third-order valence-corrected chi connectivity index (χ3v) is 3.18. The lowest BCUT2D eigenvalue weighted by Crippen LogP contribution is -2.57. The fraction of sp³-hybridized carbons (Fsp3) is 0.846. The zero-order chi connectivity index (χ0) is 14.8. The van der Waals surface area contributed by atoms with Crippen molar-refractivity contribution in [1.82, 2.24) is 10.2 Å². The van der Waals surface area contributed by atoms with E-state index in [-0.39, 0.29) is 6.04 Å². The van der Waals surface area contributed by atoms with Crippen LogP contribution in [0.4, 0.5) is 4.79 Å². The first-order chi connectivity index (χ1) is 8.56. The number of ether oxygens (including phenoxy) is 1. The fourth-order valence-electron chi connectivity index (χ4n) is 2.11. The molecular weight excluding hydrogens is 248 g/mol. The number of carbonyl (C=O) groups excluding carboxylic acids is 1. The molecule has 1 saturated heterocycles. The molecule has 1 rings (SSSR count). The number of likely N-dealkylation sites (tertiary alicyclic amines) is 1. The molecule has 1 atom stereocenters. The summed E-state index contributed by atoms with van der Waals surface area (Å²) >= 11 is 0. The Balaban J connectivity index is 2.75. The van der Waals surface area contributed by atoms with Gasteiger partial charge in [0.1, 0.15) is 5.60 Å². The summed E-state index contributed by atoms with van der Waals surface area (Å²) in [5.74, 6) is -1.01. The first kappa shape index (κ1) is 15.8. The quantitative estimate of drug-likeness (QED) is 0.813. The lowest BCUT2D eigenvalue weighted by molar-refractivity contribution is -0.144. The van der Waals surface area contributed by atoms with E-state index in [1.54, 1.807) is 20.8 Å². The predicted octanol–water partition coefficient (Wildman–Crippen LogP) is 1.45. The van der Waals surface area contributed by atoms with Crippen molar-refractivity contribution in [3.05, 3.63) is 0 Å². The number of aliphatic carboxylic acids is 1. The van der Waals surface area contributed by atoms with E-state index in [1.165, 1.54) is 0 Å². The number of alkyl carbamates (subject to hydrolysis) is 1. The minimum atomic E-state index is -1.24. The molecule has 0 bridgehead atoms. The Morgan fingerprint density at radius 3 is 2.32 bits per heavy atom. The monoisotopic (exact) mass is 272 g/mol. The molecule has 0 aromatic heterocycles. The molecule has 0 aromatic carbocycles. The van der Waals surface area contributed by atoms with Gasteiger partial charge in [0, 0.05) is 19.1 Å². The highest BCUT2D eigenvalue weighted by atomic mass is 16.6. The van der Waals surface area contributed by atoms with Crippen LogP contribution in [0.25, 0.3) is 0 Å². The Morgan fingerprint density at radius 2 is 1.95 bits per heavy atom. The van der Waals surface area contributed by atoms with E-state index < -0.39 is 23.2 Å². The molecule has 1 fully saturated rings. The highest BCUT2D eigenvalue weighted by Crippen LogP contribution is 2.24. The molecule has 6 nitrogen and oxygen atoms in total. The molecule has 1 amide bonds. The molecule has 19 heavy (non-hydrogen) atoms. The Bertz CT molecular complexity index is 362. The van der Waals surface area contributed by atoms with Crippen molar-refractivity contribution in [3.63, 3.8) is 0 Å². The van der Waals surface area contributed by atoms with Crippen LogP contribution in [0.1, 0.15) is 41.0 Å². The smallest absolute Gasteiger partial charge is 0.408 e. The number of hydrogen-bond donors (Lipinski definition) is 2. The van der Waals surface area contributed by atoms with Gasteiger partial charge in [-0.15, -0.1) is 0 Å². The number of carboxylic acids is 1. The molecule has 6 heteroatoms. The SMILES string of the molecule is CC(C)N1CCC(NC(=O)OC(C)(C)C)(C(=O)O)C1. The fourth-order valence-corrected chi connectivity index (χ4v) is 2.11. The standard InChI is InChI=1S/C13H24N2O4/c1-9(2)15-7-6-13(8-15,10(16)17)14-11(18)19-12(3,4)5/h9H,6-8H2,1-5H3,(H,14,18)(H,16,17). The van der Waals surface area contributed by atoms with Crippen LogP contribution in [0.15, 0.2) is 0 Å². The van der Waals surface area contributed by atoms with Crippen LogP contribution in [0.2, 0.25) is 0 Å². The van der Waals surface area contributed by atoms with E-state index in [0.717, 1.165) is 0 Å². The van der Waals surface area contributed by atoms with Gasteiger partial charge in [0.2, 0.25) is 0 Å². The molecule has 1 heterocycles. The molecule has 2 N–H and O–H groups in total. The minimum Gasteiger partial charge on any atom is -0.479 e. The van der Waals surface area contributed by atoms with E-state index in [9.17, 15) is 14.7 Å². The number of amides is 1. The van der Waals surface area contributed by atoms with Gasteiger partial charge in [0.25, 0.3) is 0 Å². The van der Waals surface area contributed by atoms with Gasteiger partial charge in [0.15, 0.2) is 5.54 Å². The summed E-state index contributed by atoms with van der Waals surface area (Å²) in [4.78, 5) is 25.3. The average molecular weight is 272 g/mol. The molecule has 0 radical (unpaired) electrons. The van der Waals surface area contributed by atoms with Gasteiger partial charge in [-0.1, -0.05) is 0 Å². The zero-order valence-corrected chi connectivity index (χ0v) is 12.3. The van der Waals surface area contributed by atoms with Gasteiger partial charge < -0.3 is 15.2 Å². The topological polar surface area (TPSA) is 78.9 Å². The molecular formula is C13H24N2O4. The van der Waals surface area contributed by atoms with Crippen LogP contribution in [0.3, 0.4) is 0 Å². The summed E-state index contributed by atoms with van der Waals surface area (Å²) in [6, 6.07) is 0.252. The predicted molar refractivity (Wildman–Crippen MR) is 71.1 cm³/mol. The number of nitrogens with one attached hydrogen (secondary N) is 1. The summed E-state index contributed by atoms with van der Waals surface area (Å²) in [7, 11) is 0. The number of nitrogens with zero attached hydrogens (tertiary/aromatic N) is 1. The second-order valence-corrected chi connectivity index (χ2v) is 6.33. The second-order valence-electron chi connectivity index (χ2n) is 6.33. The highest BCUT2D eigenvalue weighted by molar-refractivity contribution is 5.85. The normalized spacial score (nSPS) is 24.5. The van der Waals surface area contributed by atoms with Gasteiger partial charge in [0.05, 0.1) is 0 Å². The first-order valence-electron chi connectivity index (χ1n) is 6.54. The molecule has 1 aliphatic heterocycles. The van der Waals surface area contributed by atoms with Gasteiger partial charge in [-0.3, -0.25) is 4.90 Å². The Hall–Kier alpha value is -1.30. The van der Waals surface area contributed by atoms with E-state index in [0.29, 0.717) is 19.5 Å². The lowest BCUT2D eigenvalue weighted by atomic mass is 9.99. The molecule has 0 spiro atoms. The number of carbonyl (C=O) groups is 2. The molecule has 1 aliphatic rings. The lowest BCUT2D eigenvalue weighted by Gasteiger charge is -2.29. The summed E-state index contributed by atoms with van der Waals surface area (Å²) in [5, 5.41) is 11.9. The Labute approximate surface area is 114 Å². The molecule has 0 aliphatic carbocycles. The Kier molecular flexibility index (Phi) is 4.45. The van der Waals surface area contributed by atoms with Crippen molar-refractivity contribution in [2.45, 2.75) is 58.2 Å². The number of carboxylic acid groups (broad SMARTS) is 1. The van der Waals surface area contributed by atoms with Crippen molar-refractivity contribution in [3.8, 4) is 0 Å². The van der Waals surface area contributed by atoms with Gasteiger partial charge in [-0.25, -0.2) is 9.59 Å². The van der Waals surface area contributed by atoms with Crippen molar-refractivity contribution in [1.29, 1.82) is 0 Å². The van der Waals surface area contributed by atoms with E-state index in [4.69, 9.17) is 4.74 Å². The molecule has 1 unspecified atom stereocenters. The maximum Gasteiger partial charge on any atom is 0.408 e. The van der Waals surface area contributed by atoms with Crippen LogP contribution in [0.5, 0.6) is 0 Å². The highest BCUT2D eigenvalue weighted by Gasteiger charge is 2.47. The van der Waals surface area contributed by atoms with Crippen LogP contribution >= 0.6 is 0 Å². The summed E-state index contributed by atoms with van der Waals surface area (Å²) in [5.41, 5.74) is -1.88. The molecule has 0 aromatic rings. The van der Waals surface area contributed by atoms with Crippen LogP contribution < -0.4 is 5.32 Å². The molecule has 0 saturated carbocycles. The van der Waals surface area contributed by atoms with Crippen molar-refractivity contribution in [2.75, 3.05) is 13.1 Å². The van der Waals surface area contributed by atoms with Crippen LogP contribution in [-0.4, -0.2) is 52.3 Å². The van der Waals surface area contributed by atoms with Gasteiger partial charge in [-0.2, -0.15) is 0 Å². The largest absolute Gasteiger partial charge is 0.479 e. The third-order valence-electron chi connectivity index (χ3n) is 3.18. The van der Waals surface area contributed by atoms with E-state index in [1.807, 2.05) is 18.7 Å². The zero-order valence-electron chi connectivity index (χ0n) is 12.3. The van der Waals surface area contributed by atoms with Gasteiger partial charge in [-0.05, 0) is 41.0 Å². The van der Waals surface area contributed by atoms with Crippen LogP contribution in [-0.2, 0) is 9.53 Å². The number of rotatable bonds is 3. The summed E-state index contributed by atoms with van der Waals surface area (Å²) in [6.45, 7) is 10.2. The van der Waals surface area contributed by atoms with Crippen molar-refractivity contribution in [2.24, 2.45) is 0 Å². The Morgan fingerprint density at radius 1 is 1.37 bits per heavy atom. The second kappa shape index (κ2) is 5.36. The van der Waals surface area contributed by atoms with E-state index in [2.05, 4.69) is 5.32 Å². The molecule has 110 valence electrons. The van der Waals surface area contributed by atoms with E-state index >= 15 is 0 Å². The van der Waals surface area contributed by atoms with Gasteiger partial charge >= 0.3 is 12.1 Å². The maximum atomic E-state index is 11.8. The van der Waals surface area contributed by atoms with Crippen LogP contribution in [0, 0.1) is 0 Å². The number of hydrogen-bond acceptors (Lipinski definition) is 4. The third kappa shape index (κ3) is 4.09. The average Bonchev–Trinajstić information content (AvgIpc) is 2.60. The maximum absolute atomic E-state index is 11.8. The van der Waals surface area contributed by atoms with Crippen molar-refractivity contribution < 1.29 is 19.4 Å². The minimum absolute atomic E-state index is 0.252. The summed E-state index contributed by atoms with van der Waals surface area (Å²) in [6.07, 6.45) is -0.291. The summed E-state index contributed by atoms with van der Waals surface area (Å²) < 4.78 is 5.14. The first-order valence-corrected chi connectivity index (χ1v) is 6.54. The van der Waals surface area contributed by atoms with Crippen molar-refractivity contribution >= 4 is 12.1 Å².